The van der Waals surface area contributed by atoms with Gasteiger partial charge in [0.05, 0.1) is 23.5 Å². The van der Waals surface area contributed by atoms with Crippen LogP contribution in [-0.4, -0.2) is 93.4 Å². The molecule has 0 rings (SSSR count). The van der Waals surface area contributed by atoms with Gasteiger partial charge < -0.3 is 28.4 Å². The monoisotopic (exact) mass is 981 g/mol. The standard InChI is InChI=1S/C8H14O2.C7H5F7O2.C6H5F5O2.C5H5F3O2.2C5H8O2/c1-4-5-6-10-8(9)7(2)3;1-3(2)4(15)16-7(13,14)5(8,9)6(10,11)12;1-3(2)4(12)13-6(10,11)5(7,8)9;1-3(2)4(9)10-5(6,7)8;2*1-4(2)5(6)7-3/h2,4-6H2,1,3H3;1H2,2H3;1H2,2H3;1H2,2H3;2*1H2,2-3H3/i1D3,3D3,4D2,5D2,6D2;5*2D3. The van der Waals surface area contributed by atoms with E-state index >= 15 is 0 Å². The molecule has 0 aliphatic rings. The van der Waals surface area contributed by atoms with Crippen LogP contribution in [0, 0.1) is 0 Å². The third-order valence-corrected chi connectivity index (χ3v) is 3.81. The summed E-state index contributed by atoms with van der Waals surface area (Å²) >= 11 is 0. The van der Waals surface area contributed by atoms with Crippen LogP contribution in [0.1, 0.15) is 97.7 Å². The fourth-order valence-electron chi connectivity index (χ4n) is 1.22. The number of halogens is 15. The van der Waals surface area contributed by atoms with E-state index in [1.807, 2.05) is 0 Å². The molecule has 0 bridgehead atoms. The summed E-state index contributed by atoms with van der Waals surface area (Å²) in [5, 5.41) is 0. The number of esters is 6. The molecular weight excluding hydrogens is 909 g/mol. The molecule has 366 valence electrons. The van der Waals surface area contributed by atoms with Crippen LogP contribution in [0.25, 0.3) is 0 Å². The smallest absolute Gasteiger partial charge is 0.466 e. The van der Waals surface area contributed by atoms with E-state index in [-0.39, 0.29) is 0 Å². The van der Waals surface area contributed by atoms with Gasteiger partial charge in [-0.15, -0.1) is 13.2 Å². The second-order valence-electron chi connectivity index (χ2n) is 8.81. The Morgan fingerprint density at radius 2 is 0.762 bits per heavy atom. The fourth-order valence-corrected chi connectivity index (χ4v) is 1.22. The minimum absolute atomic E-state index is 0.491. The van der Waals surface area contributed by atoms with E-state index in [0.717, 1.165) is 14.2 Å². The molecule has 63 heavy (non-hydrogen) atoms. The summed E-state index contributed by atoms with van der Waals surface area (Å²) in [6.45, 7) is -8.08. The third-order valence-electron chi connectivity index (χ3n) is 3.81. The summed E-state index contributed by atoms with van der Waals surface area (Å²) in [7, 11) is 2.22. The van der Waals surface area contributed by atoms with Crippen LogP contribution in [0.3, 0.4) is 0 Å². The summed E-state index contributed by atoms with van der Waals surface area (Å²) in [6, 6.07) is 0. The van der Waals surface area contributed by atoms with Crippen LogP contribution in [0.4, 0.5) is 65.9 Å². The number of carbonyl (C=O) groups excluding carboxylic acids is 6. The molecule has 0 atom stereocenters. The number of alkyl halides is 15. The minimum atomic E-state index is -6.70. The lowest BCUT2D eigenvalue weighted by atomic mass is 10.3. The summed E-state index contributed by atoms with van der Waals surface area (Å²) in [5.41, 5.74) is -6.46. The molecule has 0 heterocycles. The van der Waals surface area contributed by atoms with Gasteiger partial charge in [-0.2, -0.15) is 52.7 Å². The summed E-state index contributed by atoms with van der Waals surface area (Å²) in [6.07, 6.45) is -37.5. The van der Waals surface area contributed by atoms with E-state index in [0.29, 0.717) is 0 Å². The largest absolute Gasteiger partial charge is 0.575 e. The molecule has 12 nitrogen and oxygen atoms in total. The van der Waals surface area contributed by atoms with Gasteiger partial charge in [0, 0.05) is 67.7 Å². The zero-order valence-electron chi connectivity index (χ0n) is 57.8. The maximum atomic E-state index is 12.6. The molecule has 0 unspecified atom stereocenters. The first-order valence-electron chi connectivity index (χ1n) is 27.0. The molecule has 0 aromatic rings. The lowest BCUT2D eigenvalue weighted by molar-refractivity contribution is -0.411. The highest BCUT2D eigenvalue weighted by Gasteiger charge is 2.76. The van der Waals surface area contributed by atoms with Crippen molar-refractivity contribution in [1.29, 1.82) is 0 Å². The first-order valence-corrected chi connectivity index (χ1v) is 13.5. The molecule has 0 saturated carbocycles. The maximum Gasteiger partial charge on any atom is 0.575 e. The number of hydrogen-bond acceptors (Lipinski definition) is 12. The van der Waals surface area contributed by atoms with E-state index in [9.17, 15) is 94.6 Å². The fraction of sp³-hybridized carbons (Fsp3) is 0.500. The van der Waals surface area contributed by atoms with E-state index in [1.54, 1.807) is 0 Å². The molecule has 0 radical (unpaired) electrons. The Kier molecular flexibility index (Phi) is 14.2. The molecule has 0 amide bonds. The Labute approximate surface area is 388 Å². The molecule has 0 aliphatic heterocycles. The van der Waals surface area contributed by atoms with Gasteiger partial charge in [-0.3, -0.25) is 0 Å². The third kappa shape index (κ3) is 34.5. The molecule has 0 spiro atoms. The van der Waals surface area contributed by atoms with Gasteiger partial charge in [0.2, 0.25) is 0 Å². The summed E-state index contributed by atoms with van der Waals surface area (Å²) < 4.78 is 383. The van der Waals surface area contributed by atoms with Crippen molar-refractivity contribution >= 4 is 35.8 Å². The Morgan fingerprint density at radius 3 is 1.02 bits per heavy atom. The number of carbonyl (C=O) groups is 6. The van der Waals surface area contributed by atoms with Crippen LogP contribution >= 0.6 is 0 Å². The molecule has 0 aliphatic carbocycles. The van der Waals surface area contributed by atoms with Crippen LogP contribution < -0.4 is 0 Å². The zero-order valence-corrected chi connectivity index (χ0v) is 30.8. The zero-order chi connectivity index (χ0) is 75.2. The minimum Gasteiger partial charge on any atom is -0.466 e. The van der Waals surface area contributed by atoms with Crippen LogP contribution in [0.15, 0.2) is 72.9 Å². The van der Waals surface area contributed by atoms with Gasteiger partial charge in [0.1, 0.15) is 0 Å². The van der Waals surface area contributed by atoms with Crippen molar-refractivity contribution in [2.45, 2.75) is 97.6 Å². The second-order valence-corrected chi connectivity index (χ2v) is 8.81. The van der Waals surface area contributed by atoms with Crippen molar-refractivity contribution in [3.63, 3.8) is 0 Å². The van der Waals surface area contributed by atoms with Gasteiger partial charge in [0.15, 0.2) is 0 Å². The van der Waals surface area contributed by atoms with Gasteiger partial charge >= 0.3 is 72.7 Å². The highest BCUT2D eigenvalue weighted by Crippen LogP contribution is 2.47. The number of rotatable bonds is 12. The first kappa shape index (κ1) is 29.6. The highest BCUT2D eigenvalue weighted by molar-refractivity contribution is 5.88. The highest BCUT2D eigenvalue weighted by atomic mass is 19.4. The van der Waals surface area contributed by atoms with Crippen molar-refractivity contribution in [3.05, 3.63) is 72.9 Å². The van der Waals surface area contributed by atoms with Gasteiger partial charge in [0.25, 0.3) is 0 Å². The Balaban J connectivity index is -0.000000241. The quantitative estimate of drug-likeness (QED) is 0.0790. The molecule has 0 fully saturated rings. The molecule has 27 heteroatoms. The Hall–Kier alpha value is -5.79. The molecule has 0 N–H and O–H groups in total. The molecular formula is C36H45F15O12. The van der Waals surface area contributed by atoms with Gasteiger partial charge in [-0.1, -0.05) is 52.7 Å². The summed E-state index contributed by atoms with van der Waals surface area (Å²) in [4.78, 5) is 64.1. The average molecular weight is 982 g/mol. The SMILES string of the molecule is [2H]C([2H])([2H])C(=C)C(=O)OC.[2H]C([2H])([2H])C(=C)C(=O)OC.[2H]C([2H])([2H])C(=C)C(=O)OC(F)(F)C(F)(F)C(F)(F)F.[2H]C([2H])([2H])C(=C)C(=O)OC(F)(F)C(F)(F)F.[2H]C([2H])([2H])C(=C)C(=O)OC(F)(F)F.[2H]C([2H])([2H])C(=C)C(=O)OC([2H])([2H])C([2H])([2H])C([2H])([2H])C([2H])([2H])[2H]. The predicted octanol–water partition coefficient (Wildman–Crippen LogP) is 10.2. The Morgan fingerprint density at radius 1 is 0.460 bits per heavy atom. The van der Waals surface area contributed by atoms with E-state index < -0.39 is 173 Å². The topological polar surface area (TPSA) is 158 Å². The van der Waals surface area contributed by atoms with Crippen LogP contribution in [0.5, 0.6) is 0 Å². The maximum absolute atomic E-state index is 12.6. The van der Waals surface area contributed by atoms with Crippen molar-refractivity contribution < 1.29 is 160 Å². The van der Waals surface area contributed by atoms with Crippen molar-refractivity contribution in [2.24, 2.45) is 0 Å². The second kappa shape index (κ2) is 30.3. The predicted molar refractivity (Wildman–Crippen MR) is 190 cm³/mol. The first-order chi connectivity index (χ1) is 38.4. The van der Waals surface area contributed by atoms with E-state index in [4.69, 9.17) is 37.0 Å². The molecule has 0 saturated heterocycles. The lowest BCUT2D eigenvalue weighted by Crippen LogP contribution is -2.54. The van der Waals surface area contributed by atoms with Crippen molar-refractivity contribution in [3.8, 4) is 0 Å². The average Bonchev–Trinajstić information content (AvgIpc) is 3.28. The normalized spacial score (nSPS) is 19.3. The van der Waals surface area contributed by atoms with Crippen molar-refractivity contribution in [1.82, 2.24) is 0 Å². The molecule has 0 aromatic heterocycles. The lowest BCUT2D eigenvalue weighted by Gasteiger charge is -2.26. The Bertz CT molecular complexity index is 2550. The van der Waals surface area contributed by atoms with Gasteiger partial charge in [-0.05, 0) is 47.5 Å². The van der Waals surface area contributed by atoms with Crippen LogP contribution in [0.2, 0.25) is 0 Å². The van der Waals surface area contributed by atoms with Crippen LogP contribution in [-0.2, 0) is 57.2 Å². The summed E-state index contributed by atoms with van der Waals surface area (Å²) in [5.74, 6) is -17.2. The van der Waals surface area contributed by atoms with E-state index in [2.05, 4.69) is 67.9 Å². The molecule has 0 aromatic carbocycles. The van der Waals surface area contributed by atoms with Gasteiger partial charge in [-0.25, -0.2) is 28.8 Å². The van der Waals surface area contributed by atoms with E-state index in [1.165, 1.54) is 0 Å². The number of hydrogen-bond donors (Lipinski definition) is 0. The van der Waals surface area contributed by atoms with Crippen molar-refractivity contribution in [2.75, 3.05) is 20.8 Å². The number of methoxy groups -OCH3 is 2. The number of ether oxygens (including phenoxy) is 6.